The van der Waals surface area contributed by atoms with Gasteiger partial charge in [-0.1, -0.05) is 0 Å². The van der Waals surface area contributed by atoms with Crippen molar-refractivity contribution in [2.75, 3.05) is 13.1 Å². The van der Waals surface area contributed by atoms with Crippen LogP contribution in [0.2, 0.25) is 0 Å². The second-order valence-corrected chi connectivity index (χ2v) is 7.88. The van der Waals surface area contributed by atoms with Gasteiger partial charge in [0.25, 0.3) is 0 Å². The Morgan fingerprint density at radius 2 is 1.76 bits per heavy atom. The number of carbonyl (C=O) groups excluding carboxylic acids is 4. The number of likely N-dealkylation sites (tertiary alicyclic amines) is 1. The molecule has 14 nitrogen and oxygen atoms in total. The Hall–Kier alpha value is -3.42. The number of nitrogens with zero attached hydrogens (tertiary/aromatic N) is 2. The molecular weight excluding hydrogens is 436 g/mol. The number of hydrogen-bond acceptors (Lipinski definition) is 7. The van der Waals surface area contributed by atoms with Crippen LogP contribution in [0.25, 0.3) is 0 Å². The first kappa shape index (κ1) is 27.6. The summed E-state index contributed by atoms with van der Waals surface area (Å²) < 4.78 is 0. The number of amides is 4. The van der Waals surface area contributed by atoms with Crippen molar-refractivity contribution in [3.63, 3.8) is 0 Å². The fraction of sp³-hybridized carbons (Fsp3) is 0.684. The summed E-state index contributed by atoms with van der Waals surface area (Å²) in [5, 5.41) is 14.3. The van der Waals surface area contributed by atoms with E-state index >= 15 is 0 Å². The Balaban J connectivity index is 2.81. The molecular formula is C19H34N8O6. The maximum Gasteiger partial charge on any atom is 0.326 e. The number of rotatable bonds is 13. The van der Waals surface area contributed by atoms with Crippen molar-refractivity contribution in [2.24, 2.45) is 27.9 Å². The molecule has 186 valence electrons. The van der Waals surface area contributed by atoms with Crippen LogP contribution in [0.15, 0.2) is 4.99 Å². The van der Waals surface area contributed by atoms with Crippen LogP contribution in [0, 0.1) is 0 Å². The van der Waals surface area contributed by atoms with Gasteiger partial charge in [0.15, 0.2) is 5.96 Å². The summed E-state index contributed by atoms with van der Waals surface area (Å²) in [6, 6.07) is -4.07. The Labute approximate surface area is 191 Å². The van der Waals surface area contributed by atoms with E-state index in [0.29, 0.717) is 19.3 Å². The molecule has 0 saturated carbocycles. The Bertz CT molecular complexity index is 769. The summed E-state index contributed by atoms with van der Waals surface area (Å²) >= 11 is 0. The first-order chi connectivity index (χ1) is 15.4. The monoisotopic (exact) mass is 470 g/mol. The van der Waals surface area contributed by atoms with Crippen molar-refractivity contribution >= 4 is 35.6 Å². The van der Waals surface area contributed by atoms with Gasteiger partial charge in [-0.25, -0.2) is 4.79 Å². The lowest BCUT2D eigenvalue weighted by Crippen LogP contribution is -2.56. The Morgan fingerprint density at radius 1 is 1.09 bits per heavy atom. The molecule has 14 heteroatoms. The highest BCUT2D eigenvalue weighted by atomic mass is 16.4. The minimum atomic E-state index is -1.10. The molecule has 1 heterocycles. The third-order valence-electron chi connectivity index (χ3n) is 5.17. The van der Waals surface area contributed by atoms with E-state index in [1.54, 1.807) is 0 Å². The molecule has 1 rings (SSSR count). The molecule has 0 aromatic rings. The number of primary amides is 1. The van der Waals surface area contributed by atoms with Crippen LogP contribution in [0.5, 0.6) is 0 Å². The molecule has 4 atom stereocenters. The summed E-state index contributed by atoms with van der Waals surface area (Å²) in [5.74, 6) is -3.68. The van der Waals surface area contributed by atoms with E-state index in [4.69, 9.17) is 22.9 Å². The first-order valence-corrected chi connectivity index (χ1v) is 10.7. The molecule has 0 spiro atoms. The number of carboxylic acids is 1. The van der Waals surface area contributed by atoms with Gasteiger partial charge in [0.2, 0.25) is 23.6 Å². The van der Waals surface area contributed by atoms with Crippen molar-refractivity contribution in [1.29, 1.82) is 0 Å². The zero-order valence-corrected chi connectivity index (χ0v) is 18.7. The van der Waals surface area contributed by atoms with E-state index in [1.165, 1.54) is 11.8 Å². The van der Waals surface area contributed by atoms with Crippen LogP contribution in [-0.2, 0) is 24.0 Å². The molecule has 1 aliphatic heterocycles. The molecule has 0 radical (unpaired) electrons. The second kappa shape index (κ2) is 13.2. The molecule has 0 aromatic heterocycles. The number of aliphatic imine (C=N–C) groups is 1. The number of carbonyl (C=O) groups is 5. The van der Waals surface area contributed by atoms with Gasteiger partial charge in [-0.2, -0.15) is 0 Å². The van der Waals surface area contributed by atoms with Gasteiger partial charge in [-0.3, -0.25) is 24.2 Å². The highest BCUT2D eigenvalue weighted by Crippen LogP contribution is 2.18. The van der Waals surface area contributed by atoms with Crippen molar-refractivity contribution in [3.8, 4) is 0 Å². The molecule has 11 N–H and O–H groups in total. The molecule has 1 aliphatic rings. The van der Waals surface area contributed by atoms with Gasteiger partial charge in [-0.15, -0.1) is 0 Å². The molecule has 0 bridgehead atoms. The van der Waals surface area contributed by atoms with E-state index in [-0.39, 0.29) is 38.3 Å². The number of nitrogens with one attached hydrogen (secondary N) is 2. The average molecular weight is 471 g/mol. The largest absolute Gasteiger partial charge is 0.480 e. The first-order valence-electron chi connectivity index (χ1n) is 10.7. The number of nitrogens with two attached hydrogens (primary N) is 4. The van der Waals surface area contributed by atoms with Crippen LogP contribution >= 0.6 is 0 Å². The fourth-order valence-electron chi connectivity index (χ4n) is 3.39. The lowest BCUT2D eigenvalue weighted by atomic mass is 10.1. The van der Waals surface area contributed by atoms with Crippen molar-refractivity contribution in [2.45, 2.75) is 69.6 Å². The van der Waals surface area contributed by atoms with Crippen LogP contribution in [0.1, 0.15) is 45.4 Å². The summed E-state index contributed by atoms with van der Waals surface area (Å²) in [6.07, 6.45) is 1.28. The average Bonchev–Trinajstić information content (AvgIpc) is 3.23. The third-order valence-corrected chi connectivity index (χ3v) is 5.17. The Morgan fingerprint density at radius 3 is 2.33 bits per heavy atom. The van der Waals surface area contributed by atoms with Crippen LogP contribution < -0.4 is 33.6 Å². The van der Waals surface area contributed by atoms with Gasteiger partial charge in [-0.05, 0) is 39.0 Å². The Kier molecular flexibility index (Phi) is 11.0. The smallest absolute Gasteiger partial charge is 0.326 e. The topological polar surface area (TPSA) is 249 Å². The minimum Gasteiger partial charge on any atom is -0.480 e. The van der Waals surface area contributed by atoms with E-state index in [1.807, 2.05) is 0 Å². The van der Waals surface area contributed by atoms with E-state index in [9.17, 15) is 29.1 Å². The molecule has 4 unspecified atom stereocenters. The molecule has 0 aromatic carbocycles. The lowest BCUT2D eigenvalue weighted by Gasteiger charge is -2.27. The third kappa shape index (κ3) is 9.31. The SMILES string of the molecule is CC(NC(=O)C(CCCN=C(N)N)NC(=O)C(N)CCC(N)=O)C(=O)N1CCCC1C(=O)O. The van der Waals surface area contributed by atoms with Gasteiger partial charge in [0, 0.05) is 19.5 Å². The van der Waals surface area contributed by atoms with Gasteiger partial charge >= 0.3 is 5.97 Å². The van der Waals surface area contributed by atoms with Crippen molar-refractivity contribution in [3.05, 3.63) is 0 Å². The lowest BCUT2D eigenvalue weighted by molar-refractivity contribution is -0.149. The summed E-state index contributed by atoms with van der Waals surface area (Å²) in [7, 11) is 0. The summed E-state index contributed by atoms with van der Waals surface area (Å²) in [5.41, 5.74) is 21.4. The molecule has 1 saturated heterocycles. The number of carboxylic acid groups (broad SMARTS) is 1. The summed E-state index contributed by atoms with van der Waals surface area (Å²) in [6.45, 7) is 1.93. The zero-order valence-electron chi connectivity index (χ0n) is 18.7. The zero-order chi connectivity index (χ0) is 25.1. The van der Waals surface area contributed by atoms with Crippen molar-refractivity contribution < 1.29 is 29.1 Å². The van der Waals surface area contributed by atoms with Gasteiger partial charge < -0.3 is 43.6 Å². The van der Waals surface area contributed by atoms with Crippen LogP contribution in [-0.4, -0.2) is 82.8 Å². The normalized spacial score (nSPS) is 18.0. The van der Waals surface area contributed by atoms with E-state index in [2.05, 4.69) is 15.6 Å². The maximum absolute atomic E-state index is 12.8. The standard InChI is InChI=1S/C19H34N8O6/c1-10(17(31)27-9-3-5-13(27)18(32)33)25-16(30)12(4-2-8-24-19(22)23)26-15(29)11(20)6-7-14(21)28/h10-13H,2-9,20H2,1H3,(H2,21,28)(H,25,30)(H,26,29)(H,32,33)(H4,22,23,24). The quantitative estimate of drug-likeness (QED) is 0.0807. The van der Waals surface area contributed by atoms with Crippen LogP contribution in [0.4, 0.5) is 0 Å². The van der Waals surface area contributed by atoms with Crippen LogP contribution in [0.3, 0.4) is 0 Å². The molecule has 1 fully saturated rings. The second-order valence-electron chi connectivity index (χ2n) is 7.88. The van der Waals surface area contributed by atoms with E-state index in [0.717, 1.165) is 0 Å². The van der Waals surface area contributed by atoms with Gasteiger partial charge in [0.05, 0.1) is 6.04 Å². The number of hydrogen-bond donors (Lipinski definition) is 7. The number of guanidine groups is 1. The van der Waals surface area contributed by atoms with Crippen molar-refractivity contribution in [1.82, 2.24) is 15.5 Å². The maximum atomic E-state index is 12.8. The van der Waals surface area contributed by atoms with Gasteiger partial charge in [0.1, 0.15) is 18.1 Å². The predicted molar refractivity (Wildman–Crippen MR) is 118 cm³/mol. The highest BCUT2D eigenvalue weighted by molar-refractivity contribution is 5.94. The molecule has 0 aliphatic carbocycles. The fourth-order valence-corrected chi connectivity index (χ4v) is 3.39. The minimum absolute atomic E-state index is 0.00390. The molecule has 33 heavy (non-hydrogen) atoms. The molecule has 4 amide bonds. The highest BCUT2D eigenvalue weighted by Gasteiger charge is 2.36. The summed E-state index contributed by atoms with van der Waals surface area (Å²) in [4.78, 5) is 65.2. The number of aliphatic carboxylic acids is 1. The van der Waals surface area contributed by atoms with E-state index < -0.39 is 53.8 Å². The predicted octanol–water partition coefficient (Wildman–Crippen LogP) is -3.30.